The van der Waals surface area contributed by atoms with E-state index in [2.05, 4.69) is 28.2 Å². The molecule has 0 amide bonds. The van der Waals surface area contributed by atoms with Crippen molar-refractivity contribution in [2.75, 3.05) is 20.2 Å². The first kappa shape index (κ1) is 13.5. The summed E-state index contributed by atoms with van der Waals surface area (Å²) in [5, 5.41) is 3.21. The van der Waals surface area contributed by atoms with E-state index in [4.69, 9.17) is 4.74 Å². The van der Waals surface area contributed by atoms with Crippen molar-refractivity contribution in [2.45, 2.75) is 19.8 Å². The number of hydrogen-bond donors (Lipinski definition) is 1. The second-order valence-electron chi connectivity index (χ2n) is 3.93. The van der Waals surface area contributed by atoms with Crippen LogP contribution in [-0.4, -0.2) is 20.2 Å². The van der Waals surface area contributed by atoms with Crippen molar-refractivity contribution in [2.24, 2.45) is 5.92 Å². The van der Waals surface area contributed by atoms with Gasteiger partial charge in [-0.3, -0.25) is 0 Å². The van der Waals surface area contributed by atoms with Crippen LogP contribution in [0, 0.1) is 5.92 Å². The molecule has 0 saturated heterocycles. The maximum atomic E-state index is 5.71. The van der Waals surface area contributed by atoms with Crippen molar-refractivity contribution in [3.63, 3.8) is 0 Å². The van der Waals surface area contributed by atoms with Gasteiger partial charge in [0.2, 0.25) is 0 Å². The summed E-state index contributed by atoms with van der Waals surface area (Å²) < 4.78 is 6.77. The summed E-state index contributed by atoms with van der Waals surface area (Å²) in [5.41, 5.74) is 0. The Labute approximate surface area is 107 Å². The van der Waals surface area contributed by atoms with E-state index in [9.17, 15) is 0 Å². The summed E-state index contributed by atoms with van der Waals surface area (Å²) in [6, 6.07) is 7.98. The molecule has 1 unspecified atom stereocenters. The third kappa shape index (κ3) is 4.99. The Morgan fingerprint density at radius 2 is 2.25 bits per heavy atom. The zero-order valence-electron chi connectivity index (χ0n) is 10.0. The van der Waals surface area contributed by atoms with Gasteiger partial charge in [-0.05, 0) is 44.1 Å². The van der Waals surface area contributed by atoms with Gasteiger partial charge in [-0.2, -0.15) is 0 Å². The lowest BCUT2D eigenvalue weighted by molar-refractivity contribution is 0.272. The SMILES string of the molecule is CCC(CCOc1cccc(Br)c1)CNC. The lowest BCUT2D eigenvalue weighted by atomic mass is 10.0. The Morgan fingerprint density at radius 3 is 2.88 bits per heavy atom. The van der Waals surface area contributed by atoms with E-state index in [1.807, 2.05) is 31.3 Å². The minimum atomic E-state index is 0.706. The molecule has 16 heavy (non-hydrogen) atoms. The van der Waals surface area contributed by atoms with Crippen molar-refractivity contribution in [3.8, 4) is 5.75 Å². The fraction of sp³-hybridized carbons (Fsp3) is 0.538. The quantitative estimate of drug-likeness (QED) is 0.828. The van der Waals surface area contributed by atoms with E-state index >= 15 is 0 Å². The van der Waals surface area contributed by atoms with Crippen LogP contribution in [0.3, 0.4) is 0 Å². The molecular weight excluding hydrogens is 266 g/mol. The maximum Gasteiger partial charge on any atom is 0.120 e. The number of halogens is 1. The summed E-state index contributed by atoms with van der Waals surface area (Å²) in [7, 11) is 2.00. The van der Waals surface area contributed by atoms with Crippen molar-refractivity contribution < 1.29 is 4.74 Å². The van der Waals surface area contributed by atoms with E-state index < -0.39 is 0 Å². The average molecular weight is 286 g/mol. The standard InChI is InChI=1S/C13H20BrNO/c1-3-11(10-15-2)7-8-16-13-6-4-5-12(14)9-13/h4-6,9,11,15H,3,7-8,10H2,1-2H3. The van der Waals surface area contributed by atoms with Gasteiger partial charge in [0.05, 0.1) is 6.61 Å². The van der Waals surface area contributed by atoms with Crippen LogP contribution < -0.4 is 10.1 Å². The van der Waals surface area contributed by atoms with Crippen molar-refractivity contribution in [3.05, 3.63) is 28.7 Å². The minimum Gasteiger partial charge on any atom is -0.494 e. The normalized spacial score (nSPS) is 12.4. The summed E-state index contributed by atoms with van der Waals surface area (Å²) >= 11 is 3.43. The van der Waals surface area contributed by atoms with Gasteiger partial charge in [-0.1, -0.05) is 35.3 Å². The first-order valence-corrected chi connectivity index (χ1v) is 6.58. The Hall–Kier alpha value is -0.540. The molecule has 1 aromatic carbocycles. The summed E-state index contributed by atoms with van der Waals surface area (Å²) in [4.78, 5) is 0. The van der Waals surface area contributed by atoms with Crippen LogP contribution in [0.1, 0.15) is 19.8 Å². The predicted octanol–water partition coefficient (Wildman–Crippen LogP) is 3.46. The van der Waals surface area contributed by atoms with Gasteiger partial charge < -0.3 is 10.1 Å². The second kappa shape index (κ2) is 7.69. The van der Waals surface area contributed by atoms with Crippen molar-refractivity contribution in [1.29, 1.82) is 0 Å². The van der Waals surface area contributed by atoms with Gasteiger partial charge >= 0.3 is 0 Å². The molecule has 0 aromatic heterocycles. The van der Waals surface area contributed by atoms with Crippen LogP contribution in [0.25, 0.3) is 0 Å². The molecule has 1 aromatic rings. The third-order valence-corrected chi connectivity index (χ3v) is 3.15. The topological polar surface area (TPSA) is 21.3 Å². The maximum absolute atomic E-state index is 5.71. The number of rotatable bonds is 7. The van der Waals surface area contributed by atoms with Gasteiger partial charge in [0.15, 0.2) is 0 Å². The van der Waals surface area contributed by atoms with Crippen LogP contribution in [0.2, 0.25) is 0 Å². The van der Waals surface area contributed by atoms with E-state index in [1.54, 1.807) is 0 Å². The fourth-order valence-corrected chi connectivity index (χ4v) is 2.02. The highest BCUT2D eigenvalue weighted by Gasteiger charge is 2.05. The largest absolute Gasteiger partial charge is 0.494 e. The Bertz CT molecular complexity index is 304. The van der Waals surface area contributed by atoms with Crippen LogP contribution in [-0.2, 0) is 0 Å². The van der Waals surface area contributed by atoms with Gasteiger partial charge in [-0.25, -0.2) is 0 Å². The van der Waals surface area contributed by atoms with Gasteiger partial charge in [-0.15, -0.1) is 0 Å². The highest BCUT2D eigenvalue weighted by Crippen LogP contribution is 2.18. The molecule has 0 saturated carbocycles. The molecule has 0 aliphatic heterocycles. The Balaban J connectivity index is 2.29. The molecule has 0 aliphatic carbocycles. The Morgan fingerprint density at radius 1 is 1.44 bits per heavy atom. The molecule has 0 heterocycles. The summed E-state index contributed by atoms with van der Waals surface area (Å²) in [6.45, 7) is 4.08. The van der Waals surface area contributed by atoms with Crippen LogP contribution in [0.4, 0.5) is 0 Å². The first-order chi connectivity index (χ1) is 7.76. The number of ether oxygens (including phenoxy) is 1. The average Bonchev–Trinajstić information content (AvgIpc) is 2.28. The van der Waals surface area contributed by atoms with Crippen molar-refractivity contribution >= 4 is 15.9 Å². The van der Waals surface area contributed by atoms with E-state index in [-0.39, 0.29) is 0 Å². The molecule has 3 heteroatoms. The zero-order chi connectivity index (χ0) is 11.8. The number of benzene rings is 1. The van der Waals surface area contributed by atoms with E-state index in [0.29, 0.717) is 5.92 Å². The summed E-state index contributed by atoms with van der Waals surface area (Å²) in [6.07, 6.45) is 2.30. The highest BCUT2D eigenvalue weighted by molar-refractivity contribution is 9.10. The molecule has 2 nitrogen and oxygen atoms in total. The van der Waals surface area contributed by atoms with E-state index in [0.717, 1.165) is 29.8 Å². The van der Waals surface area contributed by atoms with Gasteiger partial charge in [0.1, 0.15) is 5.75 Å². The molecule has 1 rings (SSSR count). The fourth-order valence-electron chi connectivity index (χ4n) is 1.64. The number of hydrogen-bond acceptors (Lipinski definition) is 2. The molecule has 0 spiro atoms. The first-order valence-electron chi connectivity index (χ1n) is 5.79. The van der Waals surface area contributed by atoms with E-state index in [1.165, 1.54) is 6.42 Å². The number of nitrogens with one attached hydrogen (secondary N) is 1. The van der Waals surface area contributed by atoms with Crippen LogP contribution in [0.5, 0.6) is 5.75 Å². The predicted molar refractivity (Wildman–Crippen MR) is 72.0 cm³/mol. The molecule has 1 atom stereocenters. The molecule has 0 radical (unpaired) electrons. The zero-order valence-corrected chi connectivity index (χ0v) is 11.6. The van der Waals surface area contributed by atoms with Crippen LogP contribution in [0.15, 0.2) is 28.7 Å². The smallest absolute Gasteiger partial charge is 0.120 e. The lowest BCUT2D eigenvalue weighted by Crippen LogP contribution is -2.20. The Kier molecular flexibility index (Phi) is 6.50. The minimum absolute atomic E-state index is 0.706. The molecule has 90 valence electrons. The molecular formula is C13H20BrNO. The van der Waals surface area contributed by atoms with Gasteiger partial charge in [0, 0.05) is 4.47 Å². The molecule has 0 fully saturated rings. The molecule has 0 aliphatic rings. The second-order valence-corrected chi connectivity index (χ2v) is 4.84. The molecule has 0 bridgehead atoms. The lowest BCUT2D eigenvalue weighted by Gasteiger charge is -2.14. The van der Waals surface area contributed by atoms with Crippen molar-refractivity contribution in [1.82, 2.24) is 5.32 Å². The highest BCUT2D eigenvalue weighted by atomic mass is 79.9. The molecule has 1 N–H and O–H groups in total. The monoisotopic (exact) mass is 285 g/mol. The third-order valence-electron chi connectivity index (χ3n) is 2.66. The summed E-state index contributed by atoms with van der Waals surface area (Å²) in [5.74, 6) is 1.64. The van der Waals surface area contributed by atoms with Crippen LogP contribution >= 0.6 is 15.9 Å². The van der Waals surface area contributed by atoms with Gasteiger partial charge in [0.25, 0.3) is 0 Å².